The second kappa shape index (κ2) is 11.7. The summed E-state index contributed by atoms with van der Waals surface area (Å²) in [5.74, 6) is -0.598. The number of nitrogens with one attached hydrogen (secondary N) is 1. The zero-order chi connectivity index (χ0) is 26.4. The topological polar surface area (TPSA) is 75.2 Å². The molecule has 0 aliphatic carbocycles. The lowest BCUT2D eigenvalue weighted by molar-refractivity contribution is 0.0707. The number of hydrogen-bond acceptors (Lipinski definition) is 3. The molecule has 0 unspecified atom stereocenters. The number of amides is 1. The smallest absolute Gasteiger partial charge is 0.282 e. The summed E-state index contributed by atoms with van der Waals surface area (Å²) in [6.07, 6.45) is 2.38. The molecule has 6 heteroatoms. The van der Waals surface area contributed by atoms with Gasteiger partial charge in [0, 0.05) is 17.7 Å². The van der Waals surface area contributed by atoms with E-state index in [1.165, 1.54) is 4.68 Å². The van der Waals surface area contributed by atoms with Crippen molar-refractivity contribution in [1.82, 2.24) is 14.7 Å². The van der Waals surface area contributed by atoms with Gasteiger partial charge >= 0.3 is 0 Å². The fourth-order valence-electron chi connectivity index (χ4n) is 4.44. The van der Waals surface area contributed by atoms with Crippen LogP contribution in [0.15, 0.2) is 83.7 Å². The molecule has 0 radical (unpaired) electrons. The third-order valence-corrected chi connectivity index (χ3v) is 6.55. The molecule has 0 saturated carbocycles. The van der Waals surface area contributed by atoms with E-state index < -0.39 is 5.56 Å². The molecule has 4 rings (SSSR count). The van der Waals surface area contributed by atoms with Gasteiger partial charge in [-0.3, -0.25) is 19.5 Å². The summed E-state index contributed by atoms with van der Waals surface area (Å²) in [6, 6.07) is 24.3. The van der Waals surface area contributed by atoms with E-state index in [9.17, 15) is 14.4 Å². The van der Waals surface area contributed by atoms with Crippen LogP contribution in [0, 0.1) is 6.92 Å². The quantitative estimate of drug-likeness (QED) is 0.281. The Kier molecular flexibility index (Phi) is 8.18. The van der Waals surface area contributed by atoms with Crippen molar-refractivity contribution in [3.63, 3.8) is 0 Å². The summed E-state index contributed by atoms with van der Waals surface area (Å²) >= 11 is 0. The summed E-state index contributed by atoms with van der Waals surface area (Å²) in [5, 5.41) is 3.20. The first-order chi connectivity index (χ1) is 17.9. The van der Waals surface area contributed by atoms with Crippen molar-refractivity contribution in [3.05, 3.63) is 111 Å². The van der Waals surface area contributed by atoms with Crippen LogP contribution in [0.25, 0.3) is 16.9 Å². The fourth-order valence-corrected chi connectivity index (χ4v) is 4.44. The average molecular weight is 496 g/mol. The van der Waals surface area contributed by atoms with Crippen LogP contribution in [0.1, 0.15) is 58.5 Å². The van der Waals surface area contributed by atoms with Gasteiger partial charge in [-0.15, -0.1) is 0 Å². The third kappa shape index (κ3) is 5.64. The van der Waals surface area contributed by atoms with E-state index in [1.54, 1.807) is 17.0 Å². The average Bonchev–Trinajstić information content (AvgIpc) is 3.28. The lowest BCUT2D eigenvalue weighted by Crippen LogP contribution is -2.38. The number of ketones is 1. The van der Waals surface area contributed by atoms with Gasteiger partial charge in [0.2, 0.25) is 0 Å². The predicted octanol–water partition coefficient (Wildman–Crippen LogP) is 5.83. The van der Waals surface area contributed by atoms with Gasteiger partial charge in [-0.05, 0) is 43.5 Å². The number of aromatic amines is 1. The Bertz CT molecular complexity index is 1430. The molecule has 0 aliphatic heterocycles. The number of carbonyl (C=O) groups is 2. The molecule has 190 valence electrons. The van der Waals surface area contributed by atoms with Crippen LogP contribution in [-0.2, 0) is 6.42 Å². The van der Waals surface area contributed by atoms with E-state index in [0.29, 0.717) is 23.5 Å². The Hall–Kier alpha value is -4.19. The molecule has 1 aromatic heterocycles. The number of H-pyrrole nitrogens is 1. The van der Waals surface area contributed by atoms with Gasteiger partial charge in [-0.1, -0.05) is 86.5 Å². The Balaban J connectivity index is 1.77. The molecule has 3 aromatic carbocycles. The molecule has 0 atom stereocenters. The first kappa shape index (κ1) is 25.9. The van der Waals surface area contributed by atoms with Crippen LogP contribution in [0.4, 0.5) is 0 Å². The number of Topliss-reactive ketones (excluding diaryl/α,β-unsaturated/α-hetero) is 1. The normalized spacial score (nSPS) is 10.9. The summed E-state index contributed by atoms with van der Waals surface area (Å²) in [4.78, 5) is 42.5. The summed E-state index contributed by atoms with van der Waals surface area (Å²) in [6.45, 7) is 6.30. The van der Waals surface area contributed by atoms with E-state index in [2.05, 4.69) is 5.10 Å². The highest BCUT2D eigenvalue weighted by Crippen LogP contribution is 2.23. The molecular weight excluding hydrogens is 462 g/mol. The molecule has 1 amide bonds. The summed E-state index contributed by atoms with van der Waals surface area (Å²) < 4.78 is 1.45. The van der Waals surface area contributed by atoms with Crippen molar-refractivity contribution in [2.24, 2.45) is 0 Å². The second-order valence-electron chi connectivity index (χ2n) is 9.22. The van der Waals surface area contributed by atoms with E-state index >= 15 is 0 Å². The zero-order valence-corrected chi connectivity index (χ0v) is 21.7. The van der Waals surface area contributed by atoms with Gasteiger partial charge < -0.3 is 4.90 Å². The van der Waals surface area contributed by atoms with Crippen molar-refractivity contribution in [3.8, 4) is 16.9 Å². The van der Waals surface area contributed by atoms with Crippen molar-refractivity contribution in [2.45, 2.75) is 40.0 Å². The highest BCUT2D eigenvalue weighted by atomic mass is 16.2. The van der Waals surface area contributed by atoms with Gasteiger partial charge in [0.05, 0.1) is 17.9 Å². The Morgan fingerprint density at radius 3 is 2.24 bits per heavy atom. The molecule has 4 aromatic rings. The molecule has 0 saturated heterocycles. The monoisotopic (exact) mass is 495 g/mol. The molecule has 0 aliphatic rings. The van der Waals surface area contributed by atoms with Crippen LogP contribution >= 0.6 is 0 Å². The minimum absolute atomic E-state index is 0.0651. The van der Waals surface area contributed by atoms with Gasteiger partial charge in [0.25, 0.3) is 11.5 Å². The third-order valence-electron chi connectivity index (χ3n) is 6.55. The van der Waals surface area contributed by atoms with Crippen molar-refractivity contribution >= 4 is 11.7 Å². The molecule has 1 heterocycles. The van der Waals surface area contributed by atoms with Crippen molar-refractivity contribution in [1.29, 1.82) is 0 Å². The van der Waals surface area contributed by atoms with Crippen LogP contribution in [0.3, 0.4) is 0 Å². The van der Waals surface area contributed by atoms with Crippen LogP contribution < -0.4 is 5.56 Å². The number of benzene rings is 3. The van der Waals surface area contributed by atoms with Crippen LogP contribution in [0.5, 0.6) is 0 Å². The van der Waals surface area contributed by atoms with E-state index in [-0.39, 0.29) is 23.8 Å². The predicted molar refractivity (Wildman–Crippen MR) is 148 cm³/mol. The zero-order valence-electron chi connectivity index (χ0n) is 21.7. The van der Waals surface area contributed by atoms with Crippen LogP contribution in [0.2, 0.25) is 0 Å². The van der Waals surface area contributed by atoms with E-state index in [1.807, 2.05) is 87.5 Å². The highest BCUT2D eigenvalue weighted by Gasteiger charge is 2.27. The second-order valence-corrected chi connectivity index (χ2v) is 9.22. The molecule has 0 spiro atoms. The minimum Gasteiger partial charge on any atom is -0.331 e. The van der Waals surface area contributed by atoms with E-state index in [0.717, 1.165) is 36.0 Å². The Morgan fingerprint density at radius 1 is 0.892 bits per heavy atom. The minimum atomic E-state index is -0.414. The van der Waals surface area contributed by atoms with Crippen molar-refractivity contribution in [2.75, 3.05) is 13.1 Å². The molecule has 37 heavy (non-hydrogen) atoms. The fraction of sp³-hybridized carbons (Fsp3) is 0.258. The first-order valence-electron chi connectivity index (χ1n) is 12.8. The van der Waals surface area contributed by atoms with Crippen molar-refractivity contribution < 1.29 is 9.59 Å². The molecule has 1 N–H and O–H groups in total. The summed E-state index contributed by atoms with van der Waals surface area (Å²) in [5.41, 5.74) is 4.13. The molecule has 0 fully saturated rings. The lowest BCUT2D eigenvalue weighted by Gasteiger charge is -2.22. The maximum Gasteiger partial charge on any atom is 0.282 e. The lowest BCUT2D eigenvalue weighted by atomic mass is 10.0. The Morgan fingerprint density at radius 2 is 1.57 bits per heavy atom. The van der Waals surface area contributed by atoms with E-state index in [4.69, 9.17) is 0 Å². The number of hydrogen-bond donors (Lipinski definition) is 1. The standard InChI is InChI=1S/C31H33N3O3/c1-4-6-20-33(30(36)25-18-16-22(3)17-19-25)21-27(35)28-29(24-13-8-7-9-14-24)32-34(31(28)37)26-15-11-10-12-23(26)5-2/h7-19,32H,4-6,20-21H2,1-3H3. The number of aryl methyl sites for hydroxylation is 2. The number of rotatable bonds is 10. The summed E-state index contributed by atoms with van der Waals surface area (Å²) in [7, 11) is 0. The number of carbonyl (C=O) groups excluding carboxylic acids is 2. The van der Waals surface area contributed by atoms with Gasteiger partial charge in [0.1, 0.15) is 5.56 Å². The largest absolute Gasteiger partial charge is 0.331 e. The molecule has 0 bridgehead atoms. The SMILES string of the molecule is CCCCN(CC(=O)c1c(-c2ccccc2)[nH]n(-c2ccccc2CC)c1=O)C(=O)c1ccc(C)cc1. The van der Waals surface area contributed by atoms with Crippen LogP contribution in [-0.4, -0.2) is 39.5 Å². The number of nitrogens with zero attached hydrogens (tertiary/aromatic N) is 2. The maximum atomic E-state index is 13.8. The van der Waals surface area contributed by atoms with Gasteiger partial charge in [-0.25, -0.2) is 4.68 Å². The molecular formula is C31H33N3O3. The number of unbranched alkanes of at least 4 members (excludes halogenated alkanes) is 1. The Labute approximate surface area is 217 Å². The highest BCUT2D eigenvalue weighted by molar-refractivity contribution is 6.05. The van der Waals surface area contributed by atoms with Gasteiger partial charge in [0.15, 0.2) is 5.78 Å². The number of para-hydroxylation sites is 1. The first-order valence-corrected chi connectivity index (χ1v) is 12.8. The van der Waals surface area contributed by atoms with Gasteiger partial charge in [-0.2, -0.15) is 0 Å². The maximum absolute atomic E-state index is 13.8. The number of aromatic nitrogens is 2. The molecule has 6 nitrogen and oxygen atoms in total.